The van der Waals surface area contributed by atoms with Crippen LogP contribution < -0.4 is 5.32 Å². The van der Waals surface area contributed by atoms with Gasteiger partial charge in [0.2, 0.25) is 5.91 Å². The summed E-state index contributed by atoms with van der Waals surface area (Å²) in [6.07, 6.45) is 4.59. The van der Waals surface area contributed by atoms with Crippen LogP contribution in [0.3, 0.4) is 0 Å². The van der Waals surface area contributed by atoms with Crippen molar-refractivity contribution in [3.05, 3.63) is 0 Å². The summed E-state index contributed by atoms with van der Waals surface area (Å²) in [5.41, 5.74) is 0. The normalized spacial score (nSPS) is 33.6. The van der Waals surface area contributed by atoms with Gasteiger partial charge in [0.25, 0.3) is 0 Å². The number of nitrogens with zero attached hydrogens (tertiary/aromatic N) is 1. The number of likely N-dealkylation sites (N-methyl/N-ethyl adjacent to an activating group) is 1. The van der Waals surface area contributed by atoms with Crippen LogP contribution in [0.2, 0.25) is 0 Å². The van der Waals surface area contributed by atoms with E-state index in [9.17, 15) is 4.79 Å². The van der Waals surface area contributed by atoms with Crippen molar-refractivity contribution in [1.82, 2.24) is 10.2 Å². The molecule has 98 valence electrons. The lowest BCUT2D eigenvalue weighted by Crippen LogP contribution is -2.53. The summed E-state index contributed by atoms with van der Waals surface area (Å²) in [7, 11) is 0. The largest absolute Gasteiger partial charge is 0.338 e. The second-order valence-electron chi connectivity index (χ2n) is 5.27. The average molecular weight is 256 g/mol. The predicted molar refractivity (Wildman–Crippen MR) is 73.4 cm³/mol. The zero-order valence-electron chi connectivity index (χ0n) is 11.0. The van der Waals surface area contributed by atoms with Crippen LogP contribution in [0, 0.1) is 0 Å². The van der Waals surface area contributed by atoms with Crippen molar-refractivity contribution in [3.63, 3.8) is 0 Å². The summed E-state index contributed by atoms with van der Waals surface area (Å²) in [5.74, 6) is 1.51. The van der Waals surface area contributed by atoms with Gasteiger partial charge in [-0.05, 0) is 51.8 Å². The Labute approximate surface area is 109 Å². The second kappa shape index (κ2) is 5.61. The predicted octanol–water partition coefficient (Wildman–Crippen LogP) is 1.87. The van der Waals surface area contributed by atoms with E-state index in [1.54, 1.807) is 0 Å². The molecule has 4 heteroatoms. The molecule has 2 heterocycles. The van der Waals surface area contributed by atoms with Gasteiger partial charge in [0.05, 0.1) is 4.75 Å². The Balaban J connectivity index is 2.03. The molecule has 1 amide bonds. The van der Waals surface area contributed by atoms with Gasteiger partial charge in [-0.25, -0.2) is 0 Å². The Morgan fingerprint density at radius 1 is 1.53 bits per heavy atom. The van der Waals surface area contributed by atoms with Crippen molar-refractivity contribution < 1.29 is 4.79 Å². The van der Waals surface area contributed by atoms with Crippen LogP contribution in [0.5, 0.6) is 0 Å². The van der Waals surface area contributed by atoms with Crippen LogP contribution in [-0.4, -0.2) is 47.0 Å². The summed E-state index contributed by atoms with van der Waals surface area (Å²) in [5, 5.41) is 3.41. The molecule has 3 nitrogen and oxygen atoms in total. The number of nitrogens with one attached hydrogen (secondary N) is 1. The highest BCUT2D eigenvalue weighted by Gasteiger charge is 2.41. The van der Waals surface area contributed by atoms with E-state index in [4.69, 9.17) is 0 Å². The fraction of sp³-hybridized carbons (Fsp3) is 0.923. The SMILES string of the molecule is CCN(C(=O)C1(C)CCCS1)C1CCCNC1. The fourth-order valence-corrected chi connectivity index (χ4v) is 4.19. The number of carbonyl (C=O) groups excluding carboxylic acids is 1. The topological polar surface area (TPSA) is 32.3 Å². The van der Waals surface area contributed by atoms with Gasteiger partial charge < -0.3 is 10.2 Å². The molecule has 2 fully saturated rings. The number of piperidine rings is 1. The first kappa shape index (κ1) is 13.2. The van der Waals surface area contributed by atoms with Crippen molar-refractivity contribution in [3.8, 4) is 0 Å². The lowest BCUT2D eigenvalue weighted by molar-refractivity contribution is -0.135. The van der Waals surface area contributed by atoms with Crippen LogP contribution in [0.25, 0.3) is 0 Å². The molecule has 1 N–H and O–H groups in total. The summed E-state index contributed by atoms with van der Waals surface area (Å²) < 4.78 is -0.145. The maximum absolute atomic E-state index is 12.7. The molecule has 2 atom stereocenters. The highest BCUT2D eigenvalue weighted by Crippen LogP contribution is 2.39. The zero-order chi connectivity index (χ0) is 12.3. The van der Waals surface area contributed by atoms with Crippen LogP contribution in [0.15, 0.2) is 0 Å². The Hall–Kier alpha value is -0.220. The minimum absolute atomic E-state index is 0.145. The van der Waals surface area contributed by atoms with Crippen molar-refractivity contribution in [2.45, 2.75) is 50.3 Å². The maximum atomic E-state index is 12.7. The lowest BCUT2D eigenvalue weighted by atomic mass is 10.00. The first-order chi connectivity index (χ1) is 8.17. The van der Waals surface area contributed by atoms with Gasteiger partial charge in [-0.1, -0.05) is 0 Å². The van der Waals surface area contributed by atoms with Gasteiger partial charge in [0.15, 0.2) is 0 Å². The van der Waals surface area contributed by atoms with Gasteiger partial charge >= 0.3 is 0 Å². The quantitative estimate of drug-likeness (QED) is 0.837. The highest BCUT2D eigenvalue weighted by atomic mass is 32.2. The van der Waals surface area contributed by atoms with E-state index >= 15 is 0 Å². The fourth-order valence-electron chi connectivity index (χ4n) is 2.92. The molecule has 2 aliphatic rings. The molecule has 0 saturated carbocycles. The summed E-state index contributed by atoms with van der Waals surface area (Å²) in [6.45, 7) is 7.16. The molecule has 2 rings (SSSR count). The molecule has 0 aliphatic carbocycles. The first-order valence-electron chi connectivity index (χ1n) is 6.83. The first-order valence-corrected chi connectivity index (χ1v) is 7.81. The number of carbonyl (C=O) groups is 1. The third kappa shape index (κ3) is 2.79. The number of hydrogen-bond acceptors (Lipinski definition) is 3. The molecule has 0 aromatic carbocycles. The molecule has 0 aromatic rings. The van der Waals surface area contributed by atoms with E-state index in [2.05, 4.69) is 24.1 Å². The molecular formula is C13H24N2OS. The van der Waals surface area contributed by atoms with Crippen molar-refractivity contribution >= 4 is 17.7 Å². The third-order valence-corrected chi connectivity index (χ3v) is 5.49. The van der Waals surface area contributed by atoms with Gasteiger partial charge in [0, 0.05) is 19.1 Å². The van der Waals surface area contributed by atoms with Crippen molar-refractivity contribution in [2.75, 3.05) is 25.4 Å². The number of hydrogen-bond donors (Lipinski definition) is 1. The second-order valence-corrected chi connectivity index (χ2v) is 6.87. The third-order valence-electron chi connectivity index (χ3n) is 3.98. The monoisotopic (exact) mass is 256 g/mol. The number of rotatable bonds is 3. The van der Waals surface area contributed by atoms with Crippen LogP contribution in [-0.2, 0) is 4.79 Å². The molecule has 0 spiro atoms. The van der Waals surface area contributed by atoms with Crippen LogP contribution in [0.1, 0.15) is 39.5 Å². The molecule has 2 saturated heterocycles. The average Bonchev–Trinajstić information content (AvgIpc) is 2.80. The van der Waals surface area contributed by atoms with E-state index in [1.165, 1.54) is 12.8 Å². The highest BCUT2D eigenvalue weighted by molar-refractivity contribution is 8.01. The smallest absolute Gasteiger partial charge is 0.238 e. The van der Waals surface area contributed by atoms with E-state index in [1.807, 2.05) is 11.8 Å². The number of amides is 1. The summed E-state index contributed by atoms with van der Waals surface area (Å²) >= 11 is 1.85. The summed E-state index contributed by atoms with van der Waals surface area (Å²) in [6, 6.07) is 0.416. The van der Waals surface area contributed by atoms with Gasteiger partial charge in [0.1, 0.15) is 0 Å². The molecule has 17 heavy (non-hydrogen) atoms. The van der Waals surface area contributed by atoms with Gasteiger partial charge in [-0.15, -0.1) is 11.8 Å². The Morgan fingerprint density at radius 3 is 2.88 bits per heavy atom. The van der Waals surface area contributed by atoms with E-state index < -0.39 is 0 Å². The van der Waals surface area contributed by atoms with Crippen LogP contribution >= 0.6 is 11.8 Å². The van der Waals surface area contributed by atoms with E-state index in [0.717, 1.165) is 38.2 Å². The standard InChI is InChI=1S/C13H24N2OS/c1-3-15(11-6-4-8-14-10-11)12(16)13(2)7-5-9-17-13/h11,14H,3-10H2,1-2H3. The molecular weight excluding hydrogens is 232 g/mol. The van der Waals surface area contributed by atoms with E-state index in [-0.39, 0.29) is 4.75 Å². The van der Waals surface area contributed by atoms with Crippen molar-refractivity contribution in [2.24, 2.45) is 0 Å². The van der Waals surface area contributed by atoms with Crippen molar-refractivity contribution in [1.29, 1.82) is 0 Å². The summed E-state index contributed by atoms with van der Waals surface area (Å²) in [4.78, 5) is 14.8. The van der Waals surface area contributed by atoms with Gasteiger partial charge in [-0.3, -0.25) is 4.79 Å². The maximum Gasteiger partial charge on any atom is 0.238 e. The Kier molecular flexibility index (Phi) is 4.36. The van der Waals surface area contributed by atoms with Crippen LogP contribution in [0.4, 0.5) is 0 Å². The Morgan fingerprint density at radius 2 is 2.35 bits per heavy atom. The molecule has 0 radical (unpaired) electrons. The lowest BCUT2D eigenvalue weighted by Gasteiger charge is -2.38. The molecule has 2 aliphatic heterocycles. The van der Waals surface area contributed by atoms with Gasteiger partial charge in [-0.2, -0.15) is 0 Å². The molecule has 2 unspecified atom stereocenters. The zero-order valence-corrected chi connectivity index (χ0v) is 11.8. The van der Waals surface area contributed by atoms with E-state index in [0.29, 0.717) is 11.9 Å². The minimum Gasteiger partial charge on any atom is -0.338 e. The molecule has 0 aromatic heterocycles. The Bertz CT molecular complexity index is 271. The number of thioether (sulfide) groups is 1. The molecule has 0 bridgehead atoms. The minimum atomic E-state index is -0.145.